The van der Waals surface area contributed by atoms with Crippen LogP contribution in [0.15, 0.2) is 24.9 Å². The Morgan fingerprint density at radius 1 is 1.46 bits per heavy atom. The van der Waals surface area contributed by atoms with Crippen molar-refractivity contribution in [2.45, 2.75) is 6.92 Å². The van der Waals surface area contributed by atoms with E-state index in [-0.39, 0.29) is 0 Å². The summed E-state index contributed by atoms with van der Waals surface area (Å²) in [5.74, 6) is 0. The zero-order valence-corrected chi connectivity index (χ0v) is 7.91. The summed E-state index contributed by atoms with van der Waals surface area (Å²) < 4.78 is 1.84. The molecule has 1 heterocycles. The standard InChI is InChI=1S/C11H12N2/c1-4-9-5-6-10-7-13(3)12-11(10)8(9)2/h4-7H,1H2,2-3H3. The number of hydrogen-bond acceptors (Lipinski definition) is 1. The minimum atomic E-state index is 1.07. The zero-order chi connectivity index (χ0) is 9.42. The van der Waals surface area contributed by atoms with Crippen LogP contribution in [0.2, 0.25) is 0 Å². The van der Waals surface area contributed by atoms with Gasteiger partial charge in [0.15, 0.2) is 0 Å². The maximum atomic E-state index is 4.39. The fraction of sp³-hybridized carbons (Fsp3) is 0.182. The lowest BCUT2D eigenvalue weighted by atomic mass is 10.1. The van der Waals surface area contributed by atoms with Gasteiger partial charge in [-0.15, -0.1) is 0 Å². The highest BCUT2D eigenvalue weighted by Gasteiger charge is 2.03. The lowest BCUT2D eigenvalue weighted by Gasteiger charge is -1.99. The van der Waals surface area contributed by atoms with Gasteiger partial charge in [-0.05, 0) is 18.1 Å². The van der Waals surface area contributed by atoms with Crippen LogP contribution in [-0.2, 0) is 7.05 Å². The normalized spacial score (nSPS) is 10.6. The van der Waals surface area contributed by atoms with Gasteiger partial charge in [0.25, 0.3) is 0 Å². The Bertz CT molecular complexity index is 466. The van der Waals surface area contributed by atoms with Crippen LogP contribution in [0.5, 0.6) is 0 Å². The van der Waals surface area contributed by atoms with E-state index in [0.29, 0.717) is 0 Å². The summed E-state index contributed by atoms with van der Waals surface area (Å²) in [5, 5.41) is 5.58. The predicted octanol–water partition coefficient (Wildman–Crippen LogP) is 2.52. The molecule has 0 aliphatic carbocycles. The van der Waals surface area contributed by atoms with Gasteiger partial charge >= 0.3 is 0 Å². The monoisotopic (exact) mass is 172 g/mol. The second-order valence-electron chi connectivity index (χ2n) is 3.22. The van der Waals surface area contributed by atoms with Crippen LogP contribution in [0.25, 0.3) is 17.0 Å². The molecule has 0 saturated heterocycles. The molecule has 13 heavy (non-hydrogen) atoms. The zero-order valence-electron chi connectivity index (χ0n) is 7.91. The first-order chi connectivity index (χ1) is 6.22. The third-order valence-electron chi connectivity index (χ3n) is 2.31. The highest BCUT2D eigenvalue weighted by molar-refractivity contribution is 5.84. The molecule has 0 atom stereocenters. The van der Waals surface area contributed by atoms with Crippen molar-refractivity contribution >= 4 is 17.0 Å². The van der Waals surface area contributed by atoms with Crippen LogP contribution in [0.3, 0.4) is 0 Å². The topological polar surface area (TPSA) is 17.8 Å². The first-order valence-corrected chi connectivity index (χ1v) is 4.28. The first-order valence-electron chi connectivity index (χ1n) is 4.28. The second kappa shape index (κ2) is 2.73. The third kappa shape index (κ3) is 1.15. The quantitative estimate of drug-likeness (QED) is 0.646. The smallest absolute Gasteiger partial charge is 0.0958 e. The van der Waals surface area contributed by atoms with Gasteiger partial charge in [0.1, 0.15) is 0 Å². The van der Waals surface area contributed by atoms with Crippen LogP contribution < -0.4 is 0 Å². The fourth-order valence-corrected chi connectivity index (χ4v) is 1.58. The van der Waals surface area contributed by atoms with Crippen molar-refractivity contribution in [3.8, 4) is 0 Å². The highest BCUT2D eigenvalue weighted by Crippen LogP contribution is 2.20. The molecule has 0 amide bonds. The van der Waals surface area contributed by atoms with Crippen molar-refractivity contribution in [1.82, 2.24) is 9.78 Å². The van der Waals surface area contributed by atoms with Gasteiger partial charge in [0.2, 0.25) is 0 Å². The van der Waals surface area contributed by atoms with E-state index in [1.807, 2.05) is 24.0 Å². The van der Waals surface area contributed by atoms with Crippen molar-refractivity contribution in [2.24, 2.45) is 7.05 Å². The van der Waals surface area contributed by atoms with E-state index in [4.69, 9.17) is 0 Å². The Hall–Kier alpha value is -1.57. The first kappa shape index (κ1) is 8.05. The molecule has 0 aliphatic rings. The highest BCUT2D eigenvalue weighted by atomic mass is 15.2. The number of nitrogens with zero attached hydrogens (tertiary/aromatic N) is 2. The average Bonchev–Trinajstić information content (AvgIpc) is 2.47. The molecule has 0 radical (unpaired) electrons. The van der Waals surface area contributed by atoms with E-state index in [2.05, 4.69) is 30.7 Å². The Kier molecular flexibility index (Phi) is 1.69. The molecule has 0 saturated carbocycles. The molecule has 0 bridgehead atoms. The van der Waals surface area contributed by atoms with Gasteiger partial charge in [-0.3, -0.25) is 4.68 Å². The van der Waals surface area contributed by atoms with Crippen LogP contribution in [0.4, 0.5) is 0 Å². The van der Waals surface area contributed by atoms with E-state index < -0.39 is 0 Å². The maximum Gasteiger partial charge on any atom is 0.0958 e. The largest absolute Gasteiger partial charge is 0.275 e. The average molecular weight is 172 g/mol. The van der Waals surface area contributed by atoms with E-state index in [1.165, 1.54) is 10.9 Å². The number of hydrogen-bond donors (Lipinski definition) is 0. The van der Waals surface area contributed by atoms with Crippen LogP contribution in [-0.4, -0.2) is 9.78 Å². The number of aromatic nitrogens is 2. The summed E-state index contributed by atoms with van der Waals surface area (Å²) in [4.78, 5) is 0. The predicted molar refractivity (Wildman–Crippen MR) is 55.5 cm³/mol. The molecular formula is C11H12N2. The molecule has 66 valence electrons. The SMILES string of the molecule is C=Cc1ccc2cn(C)nc2c1C. The van der Waals surface area contributed by atoms with Gasteiger partial charge in [0.05, 0.1) is 5.52 Å². The summed E-state index contributed by atoms with van der Waals surface area (Å²) in [6.45, 7) is 5.85. The minimum absolute atomic E-state index is 1.07. The number of fused-ring (bicyclic) bond motifs is 1. The molecule has 1 aromatic heterocycles. The van der Waals surface area contributed by atoms with Crippen molar-refractivity contribution in [3.05, 3.63) is 36.0 Å². The molecule has 0 fully saturated rings. The molecule has 0 N–H and O–H groups in total. The van der Waals surface area contributed by atoms with E-state index in [1.54, 1.807) is 0 Å². The third-order valence-corrected chi connectivity index (χ3v) is 2.31. The number of aryl methyl sites for hydroxylation is 2. The van der Waals surface area contributed by atoms with Gasteiger partial charge in [-0.25, -0.2) is 0 Å². The molecule has 0 spiro atoms. The lowest BCUT2D eigenvalue weighted by Crippen LogP contribution is -1.87. The molecule has 0 aliphatic heterocycles. The molecule has 2 rings (SSSR count). The summed E-state index contributed by atoms with van der Waals surface area (Å²) in [6.07, 6.45) is 3.89. The Morgan fingerprint density at radius 2 is 2.23 bits per heavy atom. The van der Waals surface area contributed by atoms with Gasteiger partial charge in [0, 0.05) is 18.6 Å². The maximum absolute atomic E-state index is 4.39. The minimum Gasteiger partial charge on any atom is -0.275 e. The lowest BCUT2D eigenvalue weighted by molar-refractivity contribution is 0.779. The van der Waals surface area contributed by atoms with E-state index >= 15 is 0 Å². The van der Waals surface area contributed by atoms with Crippen molar-refractivity contribution in [3.63, 3.8) is 0 Å². The van der Waals surface area contributed by atoms with E-state index in [9.17, 15) is 0 Å². The van der Waals surface area contributed by atoms with Crippen molar-refractivity contribution < 1.29 is 0 Å². The molecular weight excluding hydrogens is 160 g/mol. The van der Waals surface area contributed by atoms with Crippen LogP contribution in [0, 0.1) is 6.92 Å². The Labute approximate surface area is 77.5 Å². The number of rotatable bonds is 1. The number of benzene rings is 1. The van der Waals surface area contributed by atoms with Crippen LogP contribution in [0.1, 0.15) is 11.1 Å². The van der Waals surface area contributed by atoms with Gasteiger partial charge in [-0.1, -0.05) is 24.8 Å². The van der Waals surface area contributed by atoms with Gasteiger partial charge in [-0.2, -0.15) is 5.10 Å². The Balaban J connectivity index is 2.85. The Morgan fingerprint density at radius 3 is 2.92 bits per heavy atom. The molecule has 0 unspecified atom stereocenters. The van der Waals surface area contributed by atoms with E-state index in [0.717, 1.165) is 11.1 Å². The molecule has 2 heteroatoms. The van der Waals surface area contributed by atoms with Crippen molar-refractivity contribution in [2.75, 3.05) is 0 Å². The summed E-state index contributed by atoms with van der Waals surface area (Å²) in [7, 11) is 1.94. The second-order valence-corrected chi connectivity index (χ2v) is 3.22. The van der Waals surface area contributed by atoms with Crippen molar-refractivity contribution in [1.29, 1.82) is 0 Å². The summed E-state index contributed by atoms with van der Waals surface area (Å²) in [5.41, 5.74) is 3.43. The molecule has 2 nitrogen and oxygen atoms in total. The molecule has 2 aromatic rings. The van der Waals surface area contributed by atoms with Gasteiger partial charge < -0.3 is 0 Å². The van der Waals surface area contributed by atoms with Crippen LogP contribution >= 0.6 is 0 Å². The molecule has 1 aromatic carbocycles. The fourth-order valence-electron chi connectivity index (χ4n) is 1.58. The summed E-state index contributed by atoms with van der Waals surface area (Å²) >= 11 is 0. The summed E-state index contributed by atoms with van der Waals surface area (Å²) in [6, 6.07) is 4.15.